The number of halogens is 1. The van der Waals surface area contributed by atoms with Crippen LogP contribution < -0.4 is 5.56 Å². The van der Waals surface area contributed by atoms with Gasteiger partial charge < -0.3 is 13.8 Å². The van der Waals surface area contributed by atoms with Gasteiger partial charge in [-0.1, -0.05) is 22.8 Å². The lowest BCUT2D eigenvalue weighted by molar-refractivity contribution is -0.146. The van der Waals surface area contributed by atoms with Crippen LogP contribution in [0, 0.1) is 0 Å². The number of carbonyl (C=O) groups excluding carboxylic acids is 1. The number of aromatic nitrogens is 3. The fourth-order valence-electron chi connectivity index (χ4n) is 1.95. The van der Waals surface area contributed by atoms with Crippen LogP contribution in [0.1, 0.15) is 5.89 Å². The first kappa shape index (κ1) is 15.9. The number of rotatable bonds is 5. The lowest BCUT2D eigenvalue weighted by Gasteiger charge is -2.04. The molecule has 0 saturated heterocycles. The van der Waals surface area contributed by atoms with E-state index in [-0.39, 0.29) is 24.6 Å². The van der Waals surface area contributed by atoms with Crippen molar-refractivity contribution >= 4 is 17.6 Å². The molecule has 2 aromatic heterocycles. The number of hydrogen-bond acceptors (Lipinski definition) is 6. The molecular weight excluding hydrogens is 334 g/mol. The van der Waals surface area contributed by atoms with Gasteiger partial charge in [-0.15, -0.1) is 0 Å². The number of pyridine rings is 1. The van der Waals surface area contributed by atoms with Gasteiger partial charge in [-0.3, -0.25) is 9.59 Å². The van der Waals surface area contributed by atoms with E-state index in [4.69, 9.17) is 20.9 Å². The molecule has 0 aliphatic rings. The third-order valence-electron chi connectivity index (χ3n) is 3.13. The highest BCUT2D eigenvalue weighted by Gasteiger charge is 2.12. The van der Waals surface area contributed by atoms with Gasteiger partial charge in [-0.2, -0.15) is 4.98 Å². The molecule has 2 heterocycles. The minimum Gasteiger partial charge on any atom is -0.454 e. The molecule has 122 valence electrons. The zero-order chi connectivity index (χ0) is 16.9. The van der Waals surface area contributed by atoms with Crippen LogP contribution in [0.4, 0.5) is 0 Å². The van der Waals surface area contributed by atoms with Crippen LogP contribution in [-0.2, 0) is 22.7 Å². The van der Waals surface area contributed by atoms with Crippen LogP contribution in [0.2, 0.25) is 5.02 Å². The van der Waals surface area contributed by atoms with Crippen molar-refractivity contribution in [3.8, 4) is 11.4 Å². The predicted molar refractivity (Wildman–Crippen MR) is 85.2 cm³/mol. The molecule has 0 saturated carbocycles. The average molecular weight is 346 g/mol. The quantitative estimate of drug-likeness (QED) is 0.659. The van der Waals surface area contributed by atoms with Gasteiger partial charge in [-0.05, 0) is 30.3 Å². The van der Waals surface area contributed by atoms with Crippen LogP contribution in [0.25, 0.3) is 11.4 Å². The lowest BCUT2D eigenvalue weighted by Crippen LogP contribution is -2.23. The maximum absolute atomic E-state index is 11.8. The molecule has 1 aromatic carbocycles. The highest BCUT2D eigenvalue weighted by molar-refractivity contribution is 6.30. The van der Waals surface area contributed by atoms with E-state index in [1.54, 1.807) is 36.4 Å². The topological polar surface area (TPSA) is 87.2 Å². The molecule has 0 radical (unpaired) electrons. The summed E-state index contributed by atoms with van der Waals surface area (Å²) in [6.07, 6.45) is 1.51. The van der Waals surface area contributed by atoms with Crippen molar-refractivity contribution in [1.29, 1.82) is 0 Å². The summed E-state index contributed by atoms with van der Waals surface area (Å²) in [6, 6.07) is 11.6. The molecule has 0 bridgehead atoms. The Bertz CT molecular complexity index is 902. The first-order valence-corrected chi connectivity index (χ1v) is 7.39. The summed E-state index contributed by atoms with van der Waals surface area (Å²) in [6.45, 7) is -0.348. The Hall–Kier alpha value is -2.93. The average Bonchev–Trinajstić information content (AvgIpc) is 3.05. The van der Waals surface area contributed by atoms with Gasteiger partial charge >= 0.3 is 5.97 Å². The molecule has 3 rings (SSSR count). The van der Waals surface area contributed by atoms with Gasteiger partial charge in [0, 0.05) is 22.8 Å². The Kier molecular flexibility index (Phi) is 4.72. The summed E-state index contributed by atoms with van der Waals surface area (Å²) < 4.78 is 11.3. The smallest absolute Gasteiger partial charge is 0.326 e. The van der Waals surface area contributed by atoms with Crippen molar-refractivity contribution < 1.29 is 14.1 Å². The minimum atomic E-state index is -0.574. The Morgan fingerprint density at radius 2 is 2.00 bits per heavy atom. The van der Waals surface area contributed by atoms with E-state index < -0.39 is 5.97 Å². The molecule has 3 aromatic rings. The van der Waals surface area contributed by atoms with Crippen LogP contribution in [0.5, 0.6) is 0 Å². The summed E-state index contributed by atoms with van der Waals surface area (Å²) >= 11 is 5.82. The van der Waals surface area contributed by atoms with Crippen molar-refractivity contribution in [2.75, 3.05) is 0 Å². The molecule has 7 nitrogen and oxygen atoms in total. The van der Waals surface area contributed by atoms with Gasteiger partial charge in [0.15, 0.2) is 6.61 Å². The zero-order valence-corrected chi connectivity index (χ0v) is 13.1. The van der Waals surface area contributed by atoms with Crippen molar-refractivity contribution in [3.63, 3.8) is 0 Å². The third kappa shape index (κ3) is 3.88. The number of benzene rings is 1. The van der Waals surface area contributed by atoms with Crippen LogP contribution in [0.3, 0.4) is 0 Å². The largest absolute Gasteiger partial charge is 0.454 e. The molecule has 0 atom stereocenters. The molecule has 0 N–H and O–H groups in total. The van der Waals surface area contributed by atoms with Gasteiger partial charge in [-0.25, -0.2) is 0 Å². The maximum Gasteiger partial charge on any atom is 0.326 e. The lowest BCUT2D eigenvalue weighted by atomic mass is 10.2. The second kappa shape index (κ2) is 7.10. The number of nitrogens with zero attached hydrogens (tertiary/aromatic N) is 3. The van der Waals surface area contributed by atoms with Gasteiger partial charge in [0.2, 0.25) is 5.82 Å². The van der Waals surface area contributed by atoms with E-state index in [9.17, 15) is 9.59 Å². The van der Waals surface area contributed by atoms with Crippen LogP contribution in [-0.4, -0.2) is 20.7 Å². The molecule has 0 amide bonds. The van der Waals surface area contributed by atoms with Crippen molar-refractivity contribution in [3.05, 3.63) is 69.9 Å². The fraction of sp³-hybridized carbons (Fsp3) is 0.125. The van der Waals surface area contributed by atoms with Crippen molar-refractivity contribution in [2.45, 2.75) is 13.2 Å². The van der Waals surface area contributed by atoms with Gasteiger partial charge in [0.25, 0.3) is 11.4 Å². The molecule has 0 spiro atoms. The van der Waals surface area contributed by atoms with E-state index >= 15 is 0 Å². The monoisotopic (exact) mass is 345 g/mol. The molecule has 0 aliphatic heterocycles. The van der Waals surface area contributed by atoms with E-state index in [2.05, 4.69) is 10.1 Å². The zero-order valence-electron chi connectivity index (χ0n) is 12.4. The number of hydrogen-bond donors (Lipinski definition) is 0. The Labute approximate surface area is 141 Å². The third-order valence-corrected chi connectivity index (χ3v) is 3.38. The molecule has 0 unspecified atom stereocenters. The summed E-state index contributed by atoms with van der Waals surface area (Å²) in [5.41, 5.74) is 0.453. The summed E-state index contributed by atoms with van der Waals surface area (Å²) in [4.78, 5) is 27.4. The van der Waals surface area contributed by atoms with Gasteiger partial charge in [0.05, 0.1) is 0 Å². The van der Waals surface area contributed by atoms with E-state index in [1.807, 2.05) is 0 Å². The molecule has 8 heteroatoms. The SMILES string of the molecule is O=C(Cn1ccccc1=O)OCc1nc(-c2ccc(Cl)cc2)no1. The molecule has 0 aliphatic carbocycles. The van der Waals surface area contributed by atoms with Crippen molar-refractivity contribution in [2.24, 2.45) is 0 Å². The molecular formula is C16H12ClN3O4. The first-order valence-electron chi connectivity index (χ1n) is 7.01. The number of carbonyl (C=O) groups is 1. The Balaban J connectivity index is 1.59. The summed E-state index contributed by atoms with van der Waals surface area (Å²) in [5.74, 6) is -0.0414. The van der Waals surface area contributed by atoms with Crippen LogP contribution in [0.15, 0.2) is 58.0 Å². The highest BCUT2D eigenvalue weighted by atomic mass is 35.5. The van der Waals surface area contributed by atoms with E-state index in [1.165, 1.54) is 16.8 Å². The van der Waals surface area contributed by atoms with Crippen LogP contribution >= 0.6 is 11.6 Å². The Morgan fingerprint density at radius 1 is 1.21 bits per heavy atom. The Morgan fingerprint density at radius 3 is 2.75 bits per heavy atom. The van der Waals surface area contributed by atoms with Crippen molar-refractivity contribution in [1.82, 2.24) is 14.7 Å². The fourth-order valence-corrected chi connectivity index (χ4v) is 2.07. The summed E-state index contributed by atoms with van der Waals surface area (Å²) in [7, 11) is 0. The molecule has 24 heavy (non-hydrogen) atoms. The minimum absolute atomic E-state index is 0.161. The second-order valence-corrected chi connectivity index (χ2v) is 5.28. The summed E-state index contributed by atoms with van der Waals surface area (Å²) in [5, 5.41) is 4.42. The second-order valence-electron chi connectivity index (χ2n) is 4.85. The molecule has 0 fully saturated rings. The number of esters is 1. The number of ether oxygens (including phenoxy) is 1. The van der Waals surface area contributed by atoms with Gasteiger partial charge in [0.1, 0.15) is 6.54 Å². The predicted octanol–water partition coefficient (Wildman–Crippen LogP) is 2.30. The first-order chi connectivity index (χ1) is 11.6. The highest BCUT2D eigenvalue weighted by Crippen LogP contribution is 2.18. The normalized spacial score (nSPS) is 10.5. The van der Waals surface area contributed by atoms with E-state index in [0.29, 0.717) is 10.8 Å². The standard InChI is InChI=1S/C16H12ClN3O4/c17-12-6-4-11(5-7-12)16-18-13(24-19-16)10-23-15(22)9-20-8-2-1-3-14(20)21/h1-8H,9-10H2. The maximum atomic E-state index is 11.8. The van der Waals surface area contributed by atoms with E-state index in [0.717, 1.165) is 5.56 Å².